The van der Waals surface area contributed by atoms with Gasteiger partial charge in [0.15, 0.2) is 0 Å². The van der Waals surface area contributed by atoms with Crippen molar-refractivity contribution in [3.63, 3.8) is 0 Å². The minimum Gasteiger partial charge on any atom is -0.481 e. The number of nitrogens with zero attached hydrogens (tertiary/aromatic N) is 3. The highest BCUT2D eigenvalue weighted by Crippen LogP contribution is 2.25. The average molecular weight is 297 g/mol. The number of thioether (sulfide) groups is 1. The molecule has 6 nitrogen and oxygen atoms in total. The molecule has 0 saturated carbocycles. The number of aromatic nitrogens is 2. The number of aryl methyl sites for hydroxylation is 1. The van der Waals surface area contributed by atoms with Gasteiger partial charge in [-0.3, -0.25) is 4.79 Å². The standard InChI is InChI=1S/C13H19N3O3S/c1-3-19-11-6-9(2)14-13(15-11)16-4-5-20-8-10(16)7-12(17)18/h6,10H,3-5,7-8H2,1-2H3,(H,17,18). The molecule has 0 radical (unpaired) electrons. The molecule has 1 atom stereocenters. The van der Waals surface area contributed by atoms with Crippen LogP contribution >= 0.6 is 11.8 Å². The summed E-state index contributed by atoms with van der Waals surface area (Å²) in [5, 5.41) is 9.02. The molecule has 1 aromatic rings. The molecule has 1 fully saturated rings. The molecule has 7 heteroatoms. The number of hydrogen-bond acceptors (Lipinski definition) is 6. The fraction of sp³-hybridized carbons (Fsp3) is 0.615. The van der Waals surface area contributed by atoms with Gasteiger partial charge in [-0.25, -0.2) is 4.98 Å². The lowest BCUT2D eigenvalue weighted by atomic mass is 10.2. The van der Waals surface area contributed by atoms with Crippen molar-refractivity contribution >= 4 is 23.7 Å². The molecule has 2 heterocycles. The molecule has 1 saturated heterocycles. The van der Waals surface area contributed by atoms with E-state index in [1.807, 2.05) is 18.7 Å². The Kier molecular flexibility index (Phi) is 5.05. The first kappa shape index (κ1) is 14.9. The second kappa shape index (κ2) is 6.78. The zero-order chi connectivity index (χ0) is 14.5. The fourth-order valence-corrected chi connectivity index (χ4v) is 3.23. The number of rotatable bonds is 5. The van der Waals surface area contributed by atoms with Gasteiger partial charge < -0.3 is 14.7 Å². The number of carboxylic acid groups (broad SMARTS) is 1. The van der Waals surface area contributed by atoms with Crippen LogP contribution in [-0.4, -0.2) is 51.7 Å². The molecule has 0 spiro atoms. The summed E-state index contributed by atoms with van der Waals surface area (Å²) >= 11 is 1.77. The molecule has 2 rings (SSSR count). The SMILES string of the molecule is CCOc1cc(C)nc(N2CCSCC2CC(=O)O)n1. The van der Waals surface area contributed by atoms with Gasteiger partial charge in [0, 0.05) is 29.8 Å². The first-order chi connectivity index (χ1) is 9.60. The van der Waals surface area contributed by atoms with E-state index in [4.69, 9.17) is 9.84 Å². The molecule has 0 amide bonds. The van der Waals surface area contributed by atoms with E-state index >= 15 is 0 Å². The zero-order valence-electron chi connectivity index (χ0n) is 11.7. The van der Waals surface area contributed by atoms with E-state index in [1.54, 1.807) is 17.8 Å². The Balaban J connectivity index is 2.24. The monoisotopic (exact) mass is 297 g/mol. The maximum atomic E-state index is 11.0. The Bertz CT molecular complexity index is 484. The highest BCUT2D eigenvalue weighted by atomic mass is 32.2. The summed E-state index contributed by atoms with van der Waals surface area (Å²) < 4.78 is 5.44. The Morgan fingerprint density at radius 2 is 2.40 bits per heavy atom. The van der Waals surface area contributed by atoms with Crippen molar-refractivity contribution in [2.75, 3.05) is 29.6 Å². The number of carbonyl (C=O) groups is 1. The first-order valence-electron chi connectivity index (χ1n) is 6.64. The fourth-order valence-electron chi connectivity index (χ4n) is 2.16. The van der Waals surface area contributed by atoms with E-state index < -0.39 is 5.97 Å². The van der Waals surface area contributed by atoms with E-state index in [0.717, 1.165) is 23.7 Å². The lowest BCUT2D eigenvalue weighted by molar-refractivity contribution is -0.137. The second-order valence-corrected chi connectivity index (χ2v) is 5.75. The van der Waals surface area contributed by atoms with Gasteiger partial charge in [0.05, 0.1) is 19.1 Å². The quantitative estimate of drug-likeness (QED) is 0.884. The van der Waals surface area contributed by atoms with Crippen molar-refractivity contribution in [1.29, 1.82) is 0 Å². The minimum absolute atomic E-state index is 0.0671. The average Bonchev–Trinajstić information content (AvgIpc) is 2.38. The third-order valence-electron chi connectivity index (χ3n) is 3.01. The van der Waals surface area contributed by atoms with Crippen LogP contribution in [0.5, 0.6) is 5.88 Å². The number of ether oxygens (including phenoxy) is 1. The van der Waals surface area contributed by atoms with Gasteiger partial charge in [0.2, 0.25) is 11.8 Å². The van der Waals surface area contributed by atoms with Crippen LogP contribution in [0, 0.1) is 6.92 Å². The van der Waals surface area contributed by atoms with Crippen LogP contribution in [0.2, 0.25) is 0 Å². The van der Waals surface area contributed by atoms with Crippen LogP contribution < -0.4 is 9.64 Å². The third-order valence-corrected chi connectivity index (χ3v) is 4.10. The molecular weight excluding hydrogens is 278 g/mol. The summed E-state index contributed by atoms with van der Waals surface area (Å²) in [6, 6.07) is 1.72. The topological polar surface area (TPSA) is 75.5 Å². The predicted molar refractivity (Wildman–Crippen MR) is 78.6 cm³/mol. The lowest BCUT2D eigenvalue weighted by Crippen LogP contribution is -2.44. The summed E-state index contributed by atoms with van der Waals surface area (Å²) in [5.74, 6) is 2.06. The van der Waals surface area contributed by atoms with Gasteiger partial charge in [-0.05, 0) is 13.8 Å². The molecule has 1 aliphatic heterocycles. The molecule has 0 bridgehead atoms. The minimum atomic E-state index is -0.791. The van der Waals surface area contributed by atoms with Gasteiger partial charge >= 0.3 is 5.97 Å². The molecule has 1 unspecified atom stereocenters. The molecule has 1 aromatic heterocycles. The lowest BCUT2D eigenvalue weighted by Gasteiger charge is -2.34. The molecule has 110 valence electrons. The van der Waals surface area contributed by atoms with Crippen LogP contribution in [-0.2, 0) is 4.79 Å². The smallest absolute Gasteiger partial charge is 0.305 e. The van der Waals surface area contributed by atoms with Crippen molar-refractivity contribution < 1.29 is 14.6 Å². The van der Waals surface area contributed by atoms with Crippen LogP contribution in [0.3, 0.4) is 0 Å². The van der Waals surface area contributed by atoms with Crippen LogP contribution in [0.1, 0.15) is 19.0 Å². The van der Waals surface area contributed by atoms with E-state index in [2.05, 4.69) is 9.97 Å². The molecule has 0 aliphatic carbocycles. The van der Waals surface area contributed by atoms with E-state index in [0.29, 0.717) is 18.4 Å². The predicted octanol–water partition coefficient (Wildman–Crippen LogP) is 1.58. The Hall–Kier alpha value is -1.50. The van der Waals surface area contributed by atoms with E-state index in [1.165, 1.54) is 0 Å². The maximum absolute atomic E-state index is 11.0. The summed E-state index contributed by atoms with van der Waals surface area (Å²) in [7, 11) is 0. The van der Waals surface area contributed by atoms with E-state index in [9.17, 15) is 4.79 Å². The molecule has 20 heavy (non-hydrogen) atoms. The molecule has 0 aromatic carbocycles. The highest BCUT2D eigenvalue weighted by Gasteiger charge is 2.27. The van der Waals surface area contributed by atoms with Gasteiger partial charge in [0.1, 0.15) is 0 Å². The summed E-state index contributed by atoms with van der Waals surface area (Å²) in [6.45, 7) is 5.10. The number of aliphatic carboxylic acids is 1. The van der Waals surface area contributed by atoms with Gasteiger partial charge in [-0.15, -0.1) is 0 Å². The Morgan fingerprint density at radius 1 is 1.60 bits per heavy atom. The molecule has 1 N–H and O–H groups in total. The Morgan fingerprint density at radius 3 is 3.10 bits per heavy atom. The van der Waals surface area contributed by atoms with Crippen molar-refractivity contribution in [2.45, 2.75) is 26.3 Å². The van der Waals surface area contributed by atoms with Crippen molar-refractivity contribution in [3.05, 3.63) is 11.8 Å². The summed E-state index contributed by atoms with van der Waals surface area (Å²) in [4.78, 5) is 21.8. The maximum Gasteiger partial charge on any atom is 0.305 e. The van der Waals surface area contributed by atoms with E-state index in [-0.39, 0.29) is 12.5 Å². The zero-order valence-corrected chi connectivity index (χ0v) is 12.5. The van der Waals surface area contributed by atoms with Crippen LogP contribution in [0.25, 0.3) is 0 Å². The van der Waals surface area contributed by atoms with Crippen LogP contribution in [0.4, 0.5) is 5.95 Å². The third kappa shape index (κ3) is 3.75. The number of anilines is 1. The number of carboxylic acids is 1. The van der Waals surface area contributed by atoms with Crippen molar-refractivity contribution in [2.24, 2.45) is 0 Å². The van der Waals surface area contributed by atoms with Crippen molar-refractivity contribution in [3.8, 4) is 5.88 Å². The largest absolute Gasteiger partial charge is 0.481 e. The number of hydrogen-bond donors (Lipinski definition) is 1. The molecule has 1 aliphatic rings. The van der Waals surface area contributed by atoms with Crippen molar-refractivity contribution in [1.82, 2.24) is 9.97 Å². The highest BCUT2D eigenvalue weighted by molar-refractivity contribution is 7.99. The van der Waals surface area contributed by atoms with Crippen LogP contribution in [0.15, 0.2) is 6.07 Å². The molecular formula is C13H19N3O3S. The summed E-state index contributed by atoms with van der Waals surface area (Å²) in [5.41, 5.74) is 0.825. The van der Waals surface area contributed by atoms with Gasteiger partial charge in [-0.1, -0.05) is 0 Å². The second-order valence-electron chi connectivity index (χ2n) is 4.60. The normalized spacial score (nSPS) is 18.9. The summed E-state index contributed by atoms with van der Waals surface area (Å²) in [6.07, 6.45) is 0.105. The Labute approximate surface area is 122 Å². The van der Waals surface area contributed by atoms with Gasteiger partial charge in [0.25, 0.3) is 0 Å². The first-order valence-corrected chi connectivity index (χ1v) is 7.80. The van der Waals surface area contributed by atoms with Gasteiger partial charge in [-0.2, -0.15) is 16.7 Å².